The molecule has 1 aromatic rings. The van der Waals surface area contributed by atoms with E-state index in [-0.39, 0.29) is 11.6 Å². The van der Waals surface area contributed by atoms with E-state index in [0.717, 1.165) is 30.8 Å². The first-order valence-electron chi connectivity index (χ1n) is 6.21. The van der Waals surface area contributed by atoms with E-state index in [0.29, 0.717) is 0 Å². The molecule has 102 valence electrons. The number of ether oxygens (including phenoxy) is 1. The average Bonchev–Trinajstić information content (AvgIpc) is 2.36. The van der Waals surface area contributed by atoms with Crippen molar-refractivity contribution in [2.24, 2.45) is 0 Å². The monoisotopic (exact) mass is 269 g/mol. The third-order valence-electron chi connectivity index (χ3n) is 2.99. The smallest absolute Gasteiger partial charge is 0.0997 e. The van der Waals surface area contributed by atoms with Gasteiger partial charge in [0.05, 0.1) is 6.10 Å². The lowest BCUT2D eigenvalue weighted by Gasteiger charge is -2.34. The van der Waals surface area contributed by atoms with Crippen molar-refractivity contribution in [3.63, 3.8) is 0 Å². The molecule has 1 aromatic carbocycles. The minimum Gasteiger partial charge on any atom is -0.375 e. The van der Waals surface area contributed by atoms with Gasteiger partial charge in [-0.05, 0) is 44.4 Å². The Balaban J connectivity index is 2.62. The van der Waals surface area contributed by atoms with Gasteiger partial charge >= 0.3 is 0 Å². The fraction of sp³-hybridized carbons (Fsp3) is 0.571. The van der Waals surface area contributed by atoms with E-state index >= 15 is 0 Å². The Morgan fingerprint density at radius 3 is 2.56 bits per heavy atom. The van der Waals surface area contributed by atoms with Gasteiger partial charge in [0.25, 0.3) is 0 Å². The highest BCUT2D eigenvalue weighted by Crippen LogP contribution is 2.28. The lowest BCUT2D eigenvalue weighted by atomic mass is 9.91. The SMILES string of the molecule is COC(c1ccccc1)C(C)(C)NCCCSO. The highest BCUT2D eigenvalue weighted by Gasteiger charge is 2.29. The van der Waals surface area contributed by atoms with Crippen molar-refractivity contribution >= 4 is 12.0 Å². The molecule has 1 rings (SSSR count). The first-order chi connectivity index (χ1) is 8.61. The van der Waals surface area contributed by atoms with Gasteiger partial charge in [-0.1, -0.05) is 30.3 Å². The molecule has 4 heteroatoms. The summed E-state index contributed by atoms with van der Waals surface area (Å²) in [5, 5.41) is 3.49. The van der Waals surface area contributed by atoms with Gasteiger partial charge in [0.1, 0.15) is 0 Å². The Hall–Kier alpha value is -0.550. The number of benzene rings is 1. The van der Waals surface area contributed by atoms with Crippen molar-refractivity contribution in [2.75, 3.05) is 19.4 Å². The molecule has 0 aromatic heterocycles. The van der Waals surface area contributed by atoms with Gasteiger partial charge in [-0.25, -0.2) is 0 Å². The van der Waals surface area contributed by atoms with Crippen LogP contribution in [-0.2, 0) is 4.74 Å². The zero-order chi connectivity index (χ0) is 13.4. The highest BCUT2D eigenvalue weighted by molar-refractivity contribution is 7.93. The van der Waals surface area contributed by atoms with Gasteiger partial charge in [0.15, 0.2) is 0 Å². The summed E-state index contributed by atoms with van der Waals surface area (Å²) in [4.78, 5) is 0. The van der Waals surface area contributed by atoms with Crippen molar-refractivity contribution in [1.82, 2.24) is 5.32 Å². The first kappa shape index (κ1) is 15.5. The summed E-state index contributed by atoms with van der Waals surface area (Å²) in [6.45, 7) is 5.15. The van der Waals surface area contributed by atoms with Gasteiger partial charge in [-0.15, -0.1) is 0 Å². The molecular weight excluding hydrogens is 246 g/mol. The molecular formula is C14H23NO2S. The Morgan fingerprint density at radius 2 is 2.00 bits per heavy atom. The van der Waals surface area contributed by atoms with Crippen LogP contribution in [0.1, 0.15) is 31.9 Å². The summed E-state index contributed by atoms with van der Waals surface area (Å²) in [6.07, 6.45) is 0.955. The van der Waals surface area contributed by atoms with Gasteiger partial charge in [-0.3, -0.25) is 0 Å². The summed E-state index contributed by atoms with van der Waals surface area (Å²) in [7, 11) is 1.74. The first-order valence-corrected chi connectivity index (χ1v) is 7.15. The predicted molar refractivity (Wildman–Crippen MR) is 78.0 cm³/mol. The van der Waals surface area contributed by atoms with Gasteiger partial charge < -0.3 is 14.6 Å². The average molecular weight is 269 g/mol. The van der Waals surface area contributed by atoms with Crippen LogP contribution in [0.15, 0.2) is 30.3 Å². The van der Waals surface area contributed by atoms with Gasteiger partial charge in [0.2, 0.25) is 0 Å². The molecule has 1 unspecified atom stereocenters. The van der Waals surface area contributed by atoms with Crippen molar-refractivity contribution in [2.45, 2.75) is 31.9 Å². The van der Waals surface area contributed by atoms with E-state index in [9.17, 15) is 0 Å². The van der Waals surface area contributed by atoms with Crippen LogP contribution in [0.4, 0.5) is 0 Å². The number of hydrogen-bond acceptors (Lipinski definition) is 4. The second-order valence-corrected chi connectivity index (χ2v) is 5.53. The van der Waals surface area contributed by atoms with Crippen LogP contribution in [0.5, 0.6) is 0 Å². The molecule has 0 aliphatic heterocycles. The molecule has 0 bridgehead atoms. The molecule has 2 N–H and O–H groups in total. The van der Waals surface area contributed by atoms with Crippen LogP contribution in [0.2, 0.25) is 0 Å². The van der Waals surface area contributed by atoms with E-state index in [2.05, 4.69) is 31.3 Å². The maximum absolute atomic E-state index is 8.69. The van der Waals surface area contributed by atoms with Crippen LogP contribution in [-0.4, -0.2) is 29.5 Å². The molecule has 0 aliphatic carbocycles. The Bertz CT molecular complexity index is 330. The topological polar surface area (TPSA) is 41.5 Å². The predicted octanol–water partition coefficient (Wildman–Crippen LogP) is 3.34. The summed E-state index contributed by atoms with van der Waals surface area (Å²) in [5.41, 5.74) is 1.03. The lowest BCUT2D eigenvalue weighted by Crippen LogP contribution is -2.46. The Morgan fingerprint density at radius 1 is 1.33 bits per heavy atom. The summed E-state index contributed by atoms with van der Waals surface area (Å²) in [6, 6.07) is 10.2. The number of hydrogen-bond donors (Lipinski definition) is 2. The van der Waals surface area contributed by atoms with E-state index in [4.69, 9.17) is 9.29 Å². The molecule has 0 amide bonds. The van der Waals surface area contributed by atoms with E-state index in [1.54, 1.807) is 7.11 Å². The van der Waals surface area contributed by atoms with Crippen LogP contribution in [0.25, 0.3) is 0 Å². The van der Waals surface area contributed by atoms with Gasteiger partial charge in [0, 0.05) is 18.4 Å². The standard InChI is InChI=1S/C14H23NO2S/c1-14(2,15-10-7-11-18-16)13(17-3)12-8-5-4-6-9-12/h4-6,8-9,13,15-16H,7,10-11H2,1-3H3. The molecule has 1 atom stereocenters. The maximum Gasteiger partial charge on any atom is 0.0997 e. The Kier molecular flexibility index (Phi) is 6.71. The van der Waals surface area contributed by atoms with Crippen LogP contribution in [0, 0.1) is 0 Å². The molecule has 0 saturated carbocycles. The number of methoxy groups -OCH3 is 1. The van der Waals surface area contributed by atoms with E-state index in [1.165, 1.54) is 5.56 Å². The largest absolute Gasteiger partial charge is 0.375 e. The maximum atomic E-state index is 8.69. The molecule has 0 radical (unpaired) electrons. The van der Waals surface area contributed by atoms with Gasteiger partial charge in [-0.2, -0.15) is 0 Å². The molecule has 18 heavy (non-hydrogen) atoms. The van der Waals surface area contributed by atoms with Crippen LogP contribution in [0.3, 0.4) is 0 Å². The van der Waals surface area contributed by atoms with Crippen molar-refractivity contribution in [3.05, 3.63) is 35.9 Å². The summed E-state index contributed by atoms with van der Waals surface area (Å²) < 4.78 is 14.3. The fourth-order valence-corrected chi connectivity index (χ4v) is 2.39. The van der Waals surface area contributed by atoms with Crippen molar-refractivity contribution < 1.29 is 9.29 Å². The normalized spacial score (nSPS) is 13.6. The minimum absolute atomic E-state index is 0.0143. The van der Waals surface area contributed by atoms with Crippen molar-refractivity contribution in [1.29, 1.82) is 0 Å². The molecule has 0 saturated heterocycles. The minimum atomic E-state index is -0.143. The van der Waals surface area contributed by atoms with E-state index < -0.39 is 0 Å². The lowest BCUT2D eigenvalue weighted by molar-refractivity contribution is 0.0314. The summed E-state index contributed by atoms with van der Waals surface area (Å²) >= 11 is 0.891. The molecule has 3 nitrogen and oxygen atoms in total. The number of rotatable bonds is 8. The Labute approximate surface area is 114 Å². The second kappa shape index (κ2) is 7.79. The van der Waals surface area contributed by atoms with Crippen LogP contribution >= 0.6 is 12.0 Å². The fourth-order valence-electron chi connectivity index (χ4n) is 2.12. The third-order valence-corrected chi connectivity index (χ3v) is 3.46. The second-order valence-electron chi connectivity index (χ2n) is 4.86. The molecule has 0 aliphatic rings. The third kappa shape index (κ3) is 4.61. The quantitative estimate of drug-likeness (QED) is 0.561. The zero-order valence-electron chi connectivity index (χ0n) is 11.3. The number of nitrogens with one attached hydrogen (secondary N) is 1. The van der Waals surface area contributed by atoms with Crippen LogP contribution < -0.4 is 5.32 Å². The van der Waals surface area contributed by atoms with E-state index in [1.807, 2.05) is 18.2 Å². The zero-order valence-corrected chi connectivity index (χ0v) is 12.2. The molecule has 0 heterocycles. The molecule has 0 fully saturated rings. The highest BCUT2D eigenvalue weighted by atomic mass is 32.2. The summed E-state index contributed by atoms with van der Waals surface area (Å²) in [5.74, 6) is 0.756. The molecule has 0 spiro atoms. The van der Waals surface area contributed by atoms with Crippen molar-refractivity contribution in [3.8, 4) is 0 Å².